The highest BCUT2D eigenvalue weighted by atomic mass is 16.5. The summed E-state index contributed by atoms with van der Waals surface area (Å²) in [5.41, 5.74) is 0. The summed E-state index contributed by atoms with van der Waals surface area (Å²) in [5, 5.41) is 3.54. The molecule has 3 atom stereocenters. The van der Waals surface area contributed by atoms with E-state index in [0.29, 0.717) is 18.2 Å². The molecule has 0 aromatic rings. The Bertz CT molecular complexity index is 232. The van der Waals surface area contributed by atoms with Crippen LogP contribution in [0.3, 0.4) is 0 Å². The molecular weight excluding hydrogens is 212 g/mol. The van der Waals surface area contributed by atoms with Gasteiger partial charge in [0.1, 0.15) is 0 Å². The minimum absolute atomic E-state index is 0.536. The Balaban J connectivity index is 1.77. The van der Waals surface area contributed by atoms with Crippen molar-refractivity contribution >= 4 is 0 Å². The SMILES string of the molecule is CC(CNC(C)C)CN1CCOC2CCCC21. The third-order valence-corrected chi connectivity index (χ3v) is 4.02. The predicted octanol–water partition coefficient (Wildman–Crippen LogP) is 1.87. The van der Waals surface area contributed by atoms with Crippen LogP contribution in [0.15, 0.2) is 0 Å². The predicted molar refractivity (Wildman–Crippen MR) is 71.3 cm³/mol. The topological polar surface area (TPSA) is 24.5 Å². The molecule has 3 heteroatoms. The van der Waals surface area contributed by atoms with Crippen molar-refractivity contribution in [1.29, 1.82) is 0 Å². The van der Waals surface area contributed by atoms with Crippen molar-refractivity contribution in [3.05, 3.63) is 0 Å². The molecule has 2 rings (SSSR count). The molecule has 3 unspecified atom stereocenters. The van der Waals surface area contributed by atoms with E-state index in [1.54, 1.807) is 0 Å². The van der Waals surface area contributed by atoms with Gasteiger partial charge < -0.3 is 10.1 Å². The van der Waals surface area contributed by atoms with E-state index in [1.165, 1.54) is 25.8 Å². The first-order chi connectivity index (χ1) is 8.16. The van der Waals surface area contributed by atoms with Crippen LogP contribution in [-0.2, 0) is 4.74 Å². The van der Waals surface area contributed by atoms with E-state index in [4.69, 9.17) is 4.74 Å². The molecule has 0 aromatic carbocycles. The van der Waals surface area contributed by atoms with Crippen LogP contribution in [-0.4, -0.2) is 49.3 Å². The van der Waals surface area contributed by atoms with Gasteiger partial charge >= 0.3 is 0 Å². The van der Waals surface area contributed by atoms with Crippen LogP contribution >= 0.6 is 0 Å². The zero-order valence-corrected chi connectivity index (χ0v) is 11.6. The Kier molecular flexibility index (Phi) is 4.83. The van der Waals surface area contributed by atoms with E-state index < -0.39 is 0 Å². The summed E-state index contributed by atoms with van der Waals surface area (Å²) < 4.78 is 5.85. The average Bonchev–Trinajstić information content (AvgIpc) is 2.75. The molecule has 1 saturated heterocycles. The van der Waals surface area contributed by atoms with Gasteiger partial charge in [-0.15, -0.1) is 0 Å². The molecule has 1 aliphatic carbocycles. The lowest BCUT2D eigenvalue weighted by atomic mass is 10.1. The molecule has 0 bridgehead atoms. The van der Waals surface area contributed by atoms with Gasteiger partial charge in [0.05, 0.1) is 12.7 Å². The Labute approximate surface area is 106 Å². The number of hydrogen-bond donors (Lipinski definition) is 1. The quantitative estimate of drug-likeness (QED) is 0.794. The van der Waals surface area contributed by atoms with E-state index in [2.05, 4.69) is 31.0 Å². The molecule has 1 heterocycles. The molecule has 1 aliphatic heterocycles. The second kappa shape index (κ2) is 6.17. The van der Waals surface area contributed by atoms with E-state index in [9.17, 15) is 0 Å². The van der Waals surface area contributed by atoms with Crippen molar-refractivity contribution < 1.29 is 4.74 Å². The van der Waals surface area contributed by atoms with Gasteiger partial charge in [0, 0.05) is 25.2 Å². The average molecular weight is 240 g/mol. The maximum atomic E-state index is 5.85. The van der Waals surface area contributed by atoms with Crippen LogP contribution < -0.4 is 5.32 Å². The molecule has 17 heavy (non-hydrogen) atoms. The summed E-state index contributed by atoms with van der Waals surface area (Å²) in [6.07, 6.45) is 4.51. The third kappa shape index (κ3) is 3.67. The van der Waals surface area contributed by atoms with Gasteiger partial charge in [-0.3, -0.25) is 4.90 Å². The summed E-state index contributed by atoms with van der Waals surface area (Å²) in [6.45, 7) is 11.2. The van der Waals surface area contributed by atoms with Crippen molar-refractivity contribution in [3.63, 3.8) is 0 Å². The minimum Gasteiger partial charge on any atom is -0.375 e. The number of hydrogen-bond acceptors (Lipinski definition) is 3. The molecular formula is C14H28N2O. The fourth-order valence-electron chi connectivity index (χ4n) is 3.13. The molecule has 0 spiro atoms. The van der Waals surface area contributed by atoms with Crippen molar-refractivity contribution in [2.75, 3.05) is 26.2 Å². The van der Waals surface area contributed by atoms with Gasteiger partial charge in [-0.25, -0.2) is 0 Å². The molecule has 0 radical (unpaired) electrons. The fraction of sp³-hybridized carbons (Fsp3) is 1.00. The van der Waals surface area contributed by atoms with Crippen molar-refractivity contribution in [1.82, 2.24) is 10.2 Å². The lowest BCUT2D eigenvalue weighted by Crippen LogP contribution is -2.50. The lowest BCUT2D eigenvalue weighted by molar-refractivity contribution is -0.0594. The Morgan fingerprint density at radius 3 is 2.88 bits per heavy atom. The van der Waals surface area contributed by atoms with E-state index in [-0.39, 0.29) is 0 Å². The van der Waals surface area contributed by atoms with Gasteiger partial charge in [0.25, 0.3) is 0 Å². The monoisotopic (exact) mass is 240 g/mol. The molecule has 1 saturated carbocycles. The first kappa shape index (κ1) is 13.3. The van der Waals surface area contributed by atoms with Crippen molar-refractivity contribution in [2.45, 2.75) is 58.2 Å². The highest BCUT2D eigenvalue weighted by molar-refractivity contribution is 4.89. The molecule has 100 valence electrons. The van der Waals surface area contributed by atoms with Gasteiger partial charge in [-0.05, 0) is 31.7 Å². The summed E-state index contributed by atoms with van der Waals surface area (Å²) in [4.78, 5) is 2.67. The highest BCUT2D eigenvalue weighted by Gasteiger charge is 2.36. The Morgan fingerprint density at radius 1 is 1.29 bits per heavy atom. The van der Waals surface area contributed by atoms with Crippen molar-refractivity contribution in [2.24, 2.45) is 5.92 Å². The van der Waals surface area contributed by atoms with E-state index in [1.807, 2.05) is 0 Å². The number of morpholine rings is 1. The second-order valence-corrected chi connectivity index (χ2v) is 6.07. The Hall–Kier alpha value is -0.120. The zero-order chi connectivity index (χ0) is 12.3. The fourth-order valence-corrected chi connectivity index (χ4v) is 3.13. The smallest absolute Gasteiger partial charge is 0.0730 e. The highest BCUT2D eigenvalue weighted by Crippen LogP contribution is 2.29. The molecule has 1 N–H and O–H groups in total. The Morgan fingerprint density at radius 2 is 2.12 bits per heavy atom. The largest absolute Gasteiger partial charge is 0.375 e. The van der Waals surface area contributed by atoms with Crippen LogP contribution in [0.5, 0.6) is 0 Å². The number of rotatable bonds is 5. The van der Waals surface area contributed by atoms with Crippen LogP contribution in [0.4, 0.5) is 0 Å². The summed E-state index contributed by atoms with van der Waals surface area (Å²) in [5.74, 6) is 0.733. The molecule has 2 aliphatic rings. The van der Waals surface area contributed by atoms with Gasteiger partial charge in [-0.1, -0.05) is 20.8 Å². The molecule has 3 nitrogen and oxygen atoms in total. The summed E-state index contributed by atoms with van der Waals surface area (Å²) in [6, 6.07) is 1.31. The normalized spacial score (nSPS) is 31.8. The van der Waals surface area contributed by atoms with Crippen LogP contribution in [0, 0.1) is 5.92 Å². The van der Waals surface area contributed by atoms with Gasteiger partial charge in [0.2, 0.25) is 0 Å². The maximum absolute atomic E-state index is 5.85. The van der Waals surface area contributed by atoms with E-state index in [0.717, 1.165) is 25.6 Å². The molecule has 0 amide bonds. The van der Waals surface area contributed by atoms with Crippen LogP contribution in [0.25, 0.3) is 0 Å². The number of nitrogens with zero attached hydrogens (tertiary/aromatic N) is 1. The molecule has 0 aromatic heterocycles. The number of nitrogens with one attached hydrogen (secondary N) is 1. The van der Waals surface area contributed by atoms with Gasteiger partial charge in [0.15, 0.2) is 0 Å². The molecule has 2 fully saturated rings. The maximum Gasteiger partial charge on any atom is 0.0730 e. The van der Waals surface area contributed by atoms with Gasteiger partial charge in [-0.2, -0.15) is 0 Å². The van der Waals surface area contributed by atoms with Crippen LogP contribution in [0.2, 0.25) is 0 Å². The van der Waals surface area contributed by atoms with E-state index >= 15 is 0 Å². The van der Waals surface area contributed by atoms with Crippen LogP contribution in [0.1, 0.15) is 40.0 Å². The second-order valence-electron chi connectivity index (χ2n) is 6.07. The number of fused-ring (bicyclic) bond motifs is 1. The first-order valence-electron chi connectivity index (χ1n) is 7.26. The lowest BCUT2D eigenvalue weighted by Gasteiger charge is -2.39. The number of ether oxygens (including phenoxy) is 1. The standard InChI is InChI=1S/C14H28N2O/c1-11(2)15-9-12(3)10-16-7-8-17-14-6-4-5-13(14)16/h11-15H,4-10H2,1-3H3. The summed E-state index contributed by atoms with van der Waals surface area (Å²) in [7, 11) is 0. The first-order valence-corrected chi connectivity index (χ1v) is 7.26. The zero-order valence-electron chi connectivity index (χ0n) is 11.6. The third-order valence-electron chi connectivity index (χ3n) is 4.02. The summed E-state index contributed by atoms with van der Waals surface area (Å²) >= 11 is 0. The van der Waals surface area contributed by atoms with Crippen molar-refractivity contribution in [3.8, 4) is 0 Å². The minimum atomic E-state index is 0.536.